The Morgan fingerprint density at radius 1 is 1.47 bits per heavy atom. The number of carbonyl (C=O) groups is 1. The van der Waals surface area contributed by atoms with Crippen LogP contribution in [0.4, 0.5) is 5.69 Å². The number of carbonyl (C=O) groups excluding carboxylic acids is 1. The van der Waals surface area contributed by atoms with E-state index in [1.54, 1.807) is 11.0 Å². The monoisotopic (exact) mass is 328 g/mol. The van der Waals surface area contributed by atoms with Crippen molar-refractivity contribution in [3.8, 4) is 0 Å². The summed E-state index contributed by atoms with van der Waals surface area (Å²) < 4.78 is 0.376. The molecule has 0 atom stereocenters. The van der Waals surface area contributed by atoms with E-state index < -0.39 is 4.92 Å². The predicted octanol–water partition coefficient (Wildman–Crippen LogP) is 3.48. The molecule has 1 aromatic rings. The normalized spacial score (nSPS) is 10.6. The van der Waals surface area contributed by atoms with Crippen molar-refractivity contribution in [3.05, 3.63) is 38.3 Å². The van der Waals surface area contributed by atoms with Crippen LogP contribution in [0.2, 0.25) is 0 Å². The van der Waals surface area contributed by atoms with Crippen molar-refractivity contribution in [2.24, 2.45) is 5.92 Å². The van der Waals surface area contributed by atoms with Crippen LogP contribution in [0.1, 0.15) is 31.1 Å². The molecule has 0 aliphatic rings. The third kappa shape index (κ3) is 4.02. The van der Waals surface area contributed by atoms with Crippen LogP contribution < -0.4 is 0 Å². The number of amides is 1. The van der Waals surface area contributed by atoms with Gasteiger partial charge in [0.25, 0.3) is 11.6 Å². The average molecular weight is 329 g/mol. The van der Waals surface area contributed by atoms with E-state index in [-0.39, 0.29) is 11.6 Å². The first-order valence-corrected chi connectivity index (χ1v) is 6.89. The number of nitro groups is 1. The molecule has 0 spiro atoms. The number of hydrogen-bond donors (Lipinski definition) is 0. The van der Waals surface area contributed by atoms with Gasteiger partial charge in [-0.05, 0) is 40.9 Å². The highest BCUT2D eigenvalue weighted by molar-refractivity contribution is 9.10. The Morgan fingerprint density at radius 3 is 2.58 bits per heavy atom. The minimum absolute atomic E-state index is 0.0912. The topological polar surface area (TPSA) is 63.5 Å². The van der Waals surface area contributed by atoms with Gasteiger partial charge in [0, 0.05) is 24.7 Å². The third-order valence-electron chi connectivity index (χ3n) is 2.64. The van der Waals surface area contributed by atoms with Crippen LogP contribution in [-0.4, -0.2) is 28.8 Å². The molecule has 1 rings (SSSR count). The highest BCUT2D eigenvalue weighted by Gasteiger charge is 2.19. The molecule has 6 heteroatoms. The standard InChI is InChI=1S/C13H17BrN2O3/c1-4-15(8-9(2)3)13(17)10-5-6-11(14)12(7-10)16(18)19/h5-7,9H,4,8H2,1-3H3. The number of halogens is 1. The zero-order chi connectivity index (χ0) is 14.6. The maximum atomic E-state index is 12.3. The molecule has 19 heavy (non-hydrogen) atoms. The zero-order valence-corrected chi connectivity index (χ0v) is 12.8. The summed E-state index contributed by atoms with van der Waals surface area (Å²) in [7, 11) is 0. The summed E-state index contributed by atoms with van der Waals surface area (Å²) in [6, 6.07) is 4.45. The number of nitrogens with zero attached hydrogens (tertiary/aromatic N) is 2. The van der Waals surface area contributed by atoms with Gasteiger partial charge in [0.2, 0.25) is 0 Å². The molecule has 0 aromatic heterocycles. The van der Waals surface area contributed by atoms with Crippen LogP contribution in [0.5, 0.6) is 0 Å². The SMILES string of the molecule is CCN(CC(C)C)C(=O)c1ccc(Br)c([N+](=O)[O-])c1. The van der Waals surface area contributed by atoms with Gasteiger partial charge in [-0.15, -0.1) is 0 Å². The molecule has 0 unspecified atom stereocenters. The summed E-state index contributed by atoms with van der Waals surface area (Å²) in [5.41, 5.74) is 0.254. The molecule has 1 aromatic carbocycles. The van der Waals surface area contributed by atoms with Gasteiger partial charge in [-0.2, -0.15) is 0 Å². The molecule has 1 amide bonds. The second-order valence-electron chi connectivity index (χ2n) is 4.66. The van der Waals surface area contributed by atoms with E-state index in [0.29, 0.717) is 29.0 Å². The summed E-state index contributed by atoms with van der Waals surface area (Å²) in [5, 5.41) is 10.9. The second kappa shape index (κ2) is 6.65. The van der Waals surface area contributed by atoms with E-state index in [1.807, 2.05) is 20.8 Å². The van der Waals surface area contributed by atoms with Crippen molar-refractivity contribution in [3.63, 3.8) is 0 Å². The first-order chi connectivity index (χ1) is 8.86. The second-order valence-corrected chi connectivity index (χ2v) is 5.52. The molecular weight excluding hydrogens is 312 g/mol. The number of benzene rings is 1. The van der Waals surface area contributed by atoms with E-state index in [0.717, 1.165) is 0 Å². The van der Waals surface area contributed by atoms with Gasteiger partial charge in [0.15, 0.2) is 0 Å². The smallest absolute Gasteiger partial charge is 0.284 e. The Hall–Kier alpha value is -1.43. The molecule has 104 valence electrons. The molecule has 0 aliphatic heterocycles. The number of nitro benzene ring substituents is 1. The quantitative estimate of drug-likeness (QED) is 0.614. The molecule has 0 radical (unpaired) electrons. The van der Waals surface area contributed by atoms with Gasteiger partial charge in [-0.3, -0.25) is 14.9 Å². The Balaban J connectivity index is 3.05. The van der Waals surface area contributed by atoms with Crippen LogP contribution in [0.15, 0.2) is 22.7 Å². The van der Waals surface area contributed by atoms with Gasteiger partial charge in [0.1, 0.15) is 0 Å². The van der Waals surface area contributed by atoms with Crippen LogP contribution in [0.25, 0.3) is 0 Å². The Kier molecular flexibility index (Phi) is 5.47. The van der Waals surface area contributed by atoms with Crippen molar-refractivity contribution in [1.29, 1.82) is 0 Å². The lowest BCUT2D eigenvalue weighted by Crippen LogP contribution is -2.34. The fourth-order valence-corrected chi connectivity index (χ4v) is 2.16. The lowest BCUT2D eigenvalue weighted by Gasteiger charge is -2.22. The highest BCUT2D eigenvalue weighted by Crippen LogP contribution is 2.26. The van der Waals surface area contributed by atoms with Gasteiger partial charge in [0.05, 0.1) is 9.40 Å². The average Bonchev–Trinajstić information content (AvgIpc) is 2.35. The van der Waals surface area contributed by atoms with Gasteiger partial charge in [-0.25, -0.2) is 0 Å². The minimum Gasteiger partial charge on any atom is -0.339 e. The Bertz CT molecular complexity index is 489. The molecule has 5 nitrogen and oxygen atoms in total. The molecule has 0 heterocycles. The van der Waals surface area contributed by atoms with Crippen LogP contribution >= 0.6 is 15.9 Å². The fourth-order valence-electron chi connectivity index (χ4n) is 1.76. The first-order valence-electron chi connectivity index (χ1n) is 6.10. The summed E-state index contributed by atoms with van der Waals surface area (Å²) in [4.78, 5) is 24.3. The van der Waals surface area contributed by atoms with Crippen molar-refractivity contribution < 1.29 is 9.72 Å². The van der Waals surface area contributed by atoms with Gasteiger partial charge < -0.3 is 4.90 Å². The van der Waals surface area contributed by atoms with Gasteiger partial charge >= 0.3 is 0 Å². The number of hydrogen-bond acceptors (Lipinski definition) is 3. The lowest BCUT2D eigenvalue weighted by atomic mass is 10.1. The molecule has 0 bridgehead atoms. The van der Waals surface area contributed by atoms with E-state index >= 15 is 0 Å². The van der Waals surface area contributed by atoms with Crippen molar-refractivity contribution >= 4 is 27.5 Å². The van der Waals surface area contributed by atoms with Gasteiger partial charge in [-0.1, -0.05) is 13.8 Å². The van der Waals surface area contributed by atoms with Crippen molar-refractivity contribution in [1.82, 2.24) is 4.90 Å². The molecular formula is C13H17BrN2O3. The summed E-state index contributed by atoms with van der Waals surface area (Å²) >= 11 is 3.11. The minimum atomic E-state index is -0.500. The fraction of sp³-hybridized carbons (Fsp3) is 0.462. The van der Waals surface area contributed by atoms with Crippen LogP contribution in [0.3, 0.4) is 0 Å². The lowest BCUT2D eigenvalue weighted by molar-refractivity contribution is -0.385. The van der Waals surface area contributed by atoms with Crippen molar-refractivity contribution in [2.75, 3.05) is 13.1 Å². The largest absolute Gasteiger partial charge is 0.339 e. The molecule has 0 saturated heterocycles. The molecule has 0 aliphatic carbocycles. The van der Waals surface area contributed by atoms with E-state index in [9.17, 15) is 14.9 Å². The molecule has 0 N–H and O–H groups in total. The third-order valence-corrected chi connectivity index (χ3v) is 3.31. The summed E-state index contributed by atoms with van der Waals surface area (Å²) in [6.45, 7) is 7.17. The maximum Gasteiger partial charge on any atom is 0.284 e. The maximum absolute atomic E-state index is 12.3. The van der Waals surface area contributed by atoms with E-state index in [1.165, 1.54) is 12.1 Å². The zero-order valence-electron chi connectivity index (χ0n) is 11.2. The molecule has 0 fully saturated rings. The van der Waals surface area contributed by atoms with Crippen molar-refractivity contribution in [2.45, 2.75) is 20.8 Å². The van der Waals surface area contributed by atoms with Crippen LogP contribution in [0, 0.1) is 16.0 Å². The predicted molar refractivity (Wildman–Crippen MR) is 77.2 cm³/mol. The first kappa shape index (κ1) is 15.6. The highest BCUT2D eigenvalue weighted by atomic mass is 79.9. The summed E-state index contributed by atoms with van der Waals surface area (Å²) in [6.07, 6.45) is 0. The Labute approximate surface area is 120 Å². The van der Waals surface area contributed by atoms with Crippen LogP contribution in [-0.2, 0) is 0 Å². The summed E-state index contributed by atoms with van der Waals surface area (Å²) in [5.74, 6) is 0.182. The van der Waals surface area contributed by atoms with E-state index in [4.69, 9.17) is 0 Å². The number of rotatable bonds is 5. The molecule has 0 saturated carbocycles. The Morgan fingerprint density at radius 2 is 2.11 bits per heavy atom. The van der Waals surface area contributed by atoms with E-state index in [2.05, 4.69) is 15.9 Å².